The molecule has 3 fully saturated rings. The summed E-state index contributed by atoms with van der Waals surface area (Å²) in [7, 11) is 0. The monoisotopic (exact) mass is 362 g/mol. The minimum atomic E-state index is -0.156. The molecule has 3 heterocycles. The first kappa shape index (κ1) is 14.2. The first-order valence-corrected chi connectivity index (χ1v) is 8.57. The average molecular weight is 363 g/mol. The Hall–Kier alpha value is -1.40. The number of nitrogens with one attached hydrogen (secondary N) is 1. The van der Waals surface area contributed by atoms with Crippen LogP contribution in [0.25, 0.3) is 11.0 Å². The van der Waals surface area contributed by atoms with Crippen molar-refractivity contribution in [1.29, 1.82) is 0 Å². The van der Waals surface area contributed by atoms with E-state index in [1.165, 1.54) is 12.8 Å². The number of H-pyrrole nitrogens is 1. The molecule has 2 aliphatic heterocycles. The molecule has 0 spiro atoms. The standard InChI is InChI=1S/C16H19BrN4O/c17-11-5-12(14-13(6-11)19-9-20-14)15(22)21-7-10-1-3-16(21,8-18)4-2-10/h5-6,9-10H,1-4,7-8,18H2,(H,19,20). The van der Waals surface area contributed by atoms with E-state index in [0.29, 0.717) is 18.0 Å². The summed E-state index contributed by atoms with van der Waals surface area (Å²) >= 11 is 3.49. The first-order chi connectivity index (χ1) is 10.6. The van der Waals surface area contributed by atoms with E-state index >= 15 is 0 Å². The molecule has 1 amide bonds. The third kappa shape index (κ3) is 2.01. The number of imidazole rings is 1. The summed E-state index contributed by atoms with van der Waals surface area (Å²) in [6, 6.07) is 3.82. The fraction of sp³-hybridized carbons (Fsp3) is 0.500. The number of aromatic amines is 1. The number of rotatable bonds is 2. The number of benzene rings is 1. The van der Waals surface area contributed by atoms with Crippen molar-refractivity contribution in [2.75, 3.05) is 13.1 Å². The Balaban J connectivity index is 1.78. The SMILES string of the molecule is NCC12CCC(CC1)CN2C(=O)c1cc(Br)cc2[nH]cnc12. The van der Waals surface area contributed by atoms with Gasteiger partial charge in [0.1, 0.15) is 5.52 Å². The minimum Gasteiger partial charge on any atom is -0.345 e. The van der Waals surface area contributed by atoms with Crippen molar-refractivity contribution in [1.82, 2.24) is 14.9 Å². The molecule has 2 saturated heterocycles. The zero-order chi connectivity index (χ0) is 15.3. The number of piperidine rings is 2. The van der Waals surface area contributed by atoms with Gasteiger partial charge >= 0.3 is 0 Å². The van der Waals surface area contributed by atoms with Gasteiger partial charge in [0, 0.05) is 17.6 Å². The quantitative estimate of drug-likeness (QED) is 0.862. The van der Waals surface area contributed by atoms with Crippen molar-refractivity contribution in [3.63, 3.8) is 0 Å². The second kappa shape index (κ2) is 5.06. The molecule has 6 heteroatoms. The van der Waals surface area contributed by atoms with Crippen molar-refractivity contribution in [3.8, 4) is 0 Å². The summed E-state index contributed by atoms with van der Waals surface area (Å²) < 4.78 is 0.886. The lowest BCUT2D eigenvalue weighted by Gasteiger charge is -2.54. The number of aromatic nitrogens is 2. The van der Waals surface area contributed by atoms with Gasteiger partial charge in [-0.2, -0.15) is 0 Å². The van der Waals surface area contributed by atoms with Gasteiger partial charge < -0.3 is 15.6 Å². The molecule has 3 N–H and O–H groups in total. The van der Waals surface area contributed by atoms with E-state index in [9.17, 15) is 4.79 Å². The second-order valence-electron chi connectivity index (χ2n) is 6.54. The molecule has 22 heavy (non-hydrogen) atoms. The predicted octanol–water partition coefficient (Wildman–Crippen LogP) is 2.67. The van der Waals surface area contributed by atoms with Gasteiger partial charge in [0.15, 0.2) is 0 Å². The van der Waals surface area contributed by atoms with Gasteiger partial charge in [-0.05, 0) is 43.7 Å². The maximum Gasteiger partial charge on any atom is 0.256 e. The number of amides is 1. The molecule has 5 nitrogen and oxygen atoms in total. The van der Waals surface area contributed by atoms with Crippen LogP contribution in [0.3, 0.4) is 0 Å². The highest BCUT2D eigenvalue weighted by atomic mass is 79.9. The fourth-order valence-electron chi connectivity index (χ4n) is 4.06. The van der Waals surface area contributed by atoms with E-state index in [1.807, 2.05) is 17.0 Å². The van der Waals surface area contributed by atoms with Crippen LogP contribution in [0, 0.1) is 5.92 Å². The van der Waals surface area contributed by atoms with Crippen LogP contribution >= 0.6 is 15.9 Å². The summed E-state index contributed by atoms with van der Waals surface area (Å²) in [6.45, 7) is 1.37. The molecule has 0 radical (unpaired) electrons. The van der Waals surface area contributed by atoms with Crippen molar-refractivity contribution < 1.29 is 4.79 Å². The van der Waals surface area contributed by atoms with Crippen LogP contribution in [0.15, 0.2) is 22.9 Å². The van der Waals surface area contributed by atoms with Crippen LogP contribution in [0.1, 0.15) is 36.0 Å². The summed E-state index contributed by atoms with van der Waals surface area (Å²) in [5.41, 5.74) is 8.19. The molecule has 0 unspecified atom stereocenters. The van der Waals surface area contributed by atoms with Crippen LogP contribution in [0.2, 0.25) is 0 Å². The number of hydrogen-bond acceptors (Lipinski definition) is 3. The number of nitrogens with zero attached hydrogens (tertiary/aromatic N) is 2. The number of nitrogens with two attached hydrogens (primary N) is 1. The Bertz CT molecular complexity index is 733. The number of carbonyl (C=O) groups is 1. The minimum absolute atomic E-state index is 0.0632. The van der Waals surface area contributed by atoms with E-state index in [0.717, 1.165) is 34.9 Å². The highest BCUT2D eigenvalue weighted by Gasteiger charge is 2.47. The van der Waals surface area contributed by atoms with E-state index in [-0.39, 0.29) is 11.4 Å². The largest absolute Gasteiger partial charge is 0.345 e. The fourth-order valence-corrected chi connectivity index (χ4v) is 4.51. The number of halogens is 1. The van der Waals surface area contributed by atoms with Gasteiger partial charge in [-0.15, -0.1) is 0 Å². The predicted molar refractivity (Wildman–Crippen MR) is 88.6 cm³/mol. The van der Waals surface area contributed by atoms with E-state index in [4.69, 9.17) is 5.73 Å². The normalized spacial score (nSPS) is 27.5. The van der Waals surface area contributed by atoms with E-state index < -0.39 is 0 Å². The molecule has 5 rings (SSSR count). The van der Waals surface area contributed by atoms with Gasteiger partial charge in [-0.25, -0.2) is 4.98 Å². The van der Waals surface area contributed by atoms with E-state index in [1.54, 1.807) is 6.33 Å². The Morgan fingerprint density at radius 1 is 1.45 bits per heavy atom. The van der Waals surface area contributed by atoms with Crippen LogP contribution in [0.4, 0.5) is 0 Å². The van der Waals surface area contributed by atoms with Crippen molar-refractivity contribution in [3.05, 3.63) is 28.5 Å². The number of carbonyl (C=O) groups excluding carboxylic acids is 1. The van der Waals surface area contributed by atoms with Gasteiger partial charge in [-0.3, -0.25) is 4.79 Å². The lowest BCUT2D eigenvalue weighted by Crippen LogP contribution is -2.63. The molecule has 3 aliphatic rings. The molecule has 1 aromatic carbocycles. The third-order valence-corrected chi connectivity index (χ3v) is 5.85. The summed E-state index contributed by atoms with van der Waals surface area (Å²) in [4.78, 5) is 22.7. The van der Waals surface area contributed by atoms with E-state index in [2.05, 4.69) is 25.9 Å². The summed E-state index contributed by atoms with van der Waals surface area (Å²) in [5, 5.41) is 0. The van der Waals surface area contributed by atoms with Gasteiger partial charge in [-0.1, -0.05) is 15.9 Å². The first-order valence-electron chi connectivity index (χ1n) is 7.78. The molecule has 2 aromatic rings. The maximum atomic E-state index is 13.2. The zero-order valence-electron chi connectivity index (χ0n) is 12.3. The molecule has 0 atom stereocenters. The molecule has 1 saturated carbocycles. The smallest absolute Gasteiger partial charge is 0.256 e. The second-order valence-corrected chi connectivity index (χ2v) is 7.46. The summed E-state index contributed by atoms with van der Waals surface area (Å²) in [5.74, 6) is 0.687. The molecular formula is C16H19BrN4O. The molecule has 1 aromatic heterocycles. The van der Waals surface area contributed by atoms with Gasteiger partial charge in [0.05, 0.1) is 22.9 Å². The molecule has 116 valence electrons. The highest BCUT2D eigenvalue weighted by Crippen LogP contribution is 2.43. The molecule has 2 bridgehead atoms. The lowest BCUT2D eigenvalue weighted by molar-refractivity contribution is -0.0151. The average Bonchev–Trinajstić information content (AvgIpc) is 3.02. The highest BCUT2D eigenvalue weighted by molar-refractivity contribution is 9.10. The Morgan fingerprint density at radius 2 is 2.23 bits per heavy atom. The lowest BCUT2D eigenvalue weighted by atomic mass is 9.70. The maximum absolute atomic E-state index is 13.2. The molecular weight excluding hydrogens is 344 g/mol. The Kier molecular flexibility index (Phi) is 3.27. The van der Waals surface area contributed by atoms with Gasteiger partial charge in [0.2, 0.25) is 0 Å². The van der Waals surface area contributed by atoms with Crippen LogP contribution in [0.5, 0.6) is 0 Å². The Labute approximate surface area is 137 Å². The Morgan fingerprint density at radius 3 is 2.95 bits per heavy atom. The zero-order valence-corrected chi connectivity index (χ0v) is 13.9. The van der Waals surface area contributed by atoms with Crippen molar-refractivity contribution >= 4 is 32.9 Å². The number of hydrogen-bond donors (Lipinski definition) is 2. The van der Waals surface area contributed by atoms with Crippen molar-refractivity contribution in [2.45, 2.75) is 31.2 Å². The topological polar surface area (TPSA) is 75.0 Å². The third-order valence-electron chi connectivity index (χ3n) is 5.39. The summed E-state index contributed by atoms with van der Waals surface area (Å²) in [6.07, 6.45) is 6.07. The van der Waals surface area contributed by atoms with Crippen LogP contribution in [-0.2, 0) is 0 Å². The number of fused-ring (bicyclic) bond motifs is 4. The molecule has 1 aliphatic carbocycles. The van der Waals surface area contributed by atoms with Crippen LogP contribution in [-0.4, -0.2) is 39.4 Å². The van der Waals surface area contributed by atoms with Gasteiger partial charge in [0.25, 0.3) is 5.91 Å². The van der Waals surface area contributed by atoms with Crippen LogP contribution < -0.4 is 5.73 Å². The van der Waals surface area contributed by atoms with Crippen molar-refractivity contribution in [2.24, 2.45) is 11.7 Å².